The number of carbonyl (C=O) groups is 1. The van der Waals surface area contributed by atoms with E-state index < -0.39 is 23.2 Å². The van der Waals surface area contributed by atoms with Gasteiger partial charge in [-0.05, 0) is 36.8 Å². The molecule has 0 heterocycles. The quantitative estimate of drug-likeness (QED) is 0.829. The predicted octanol–water partition coefficient (Wildman–Crippen LogP) is 3.76. The molecule has 0 saturated carbocycles. The first kappa shape index (κ1) is 14.3. The Bertz CT molecular complexity index is 666. The lowest BCUT2D eigenvalue weighted by Crippen LogP contribution is -2.14. The van der Waals surface area contributed by atoms with Crippen LogP contribution in [0, 0.1) is 18.6 Å². The van der Waals surface area contributed by atoms with Crippen LogP contribution in [0.1, 0.15) is 15.9 Å². The maximum Gasteiger partial charge on any atom is 0.255 e. The van der Waals surface area contributed by atoms with Crippen molar-refractivity contribution in [2.24, 2.45) is 0 Å². The molecule has 3 N–H and O–H groups in total. The minimum absolute atomic E-state index is 0.159. The molecule has 1 amide bonds. The van der Waals surface area contributed by atoms with Gasteiger partial charge in [0.1, 0.15) is 17.3 Å². The highest BCUT2D eigenvalue weighted by molar-refractivity contribution is 6.31. The van der Waals surface area contributed by atoms with Gasteiger partial charge in [-0.3, -0.25) is 4.79 Å². The molecular weight excluding hydrogens is 286 g/mol. The molecule has 0 bridgehead atoms. The molecule has 0 spiro atoms. The first-order valence-corrected chi connectivity index (χ1v) is 6.08. The maximum absolute atomic E-state index is 13.3. The Morgan fingerprint density at radius 3 is 2.40 bits per heavy atom. The lowest BCUT2D eigenvalue weighted by Gasteiger charge is -2.09. The molecule has 2 rings (SSSR count). The number of halogens is 3. The molecule has 2 aromatic carbocycles. The fourth-order valence-corrected chi connectivity index (χ4v) is 1.81. The molecule has 0 saturated heterocycles. The van der Waals surface area contributed by atoms with Crippen LogP contribution in [0.25, 0.3) is 0 Å². The van der Waals surface area contributed by atoms with Crippen LogP contribution in [0.3, 0.4) is 0 Å². The Kier molecular flexibility index (Phi) is 3.90. The second-order valence-corrected chi connectivity index (χ2v) is 4.70. The molecule has 104 valence electrons. The monoisotopic (exact) mass is 296 g/mol. The standard InChI is InChI=1S/C14H11ClF2N2O/c1-7-2-3-9(15)6-12(7)19-14(20)8-4-10(16)13(18)11(17)5-8/h2-6H,18H2,1H3,(H,19,20). The van der Waals surface area contributed by atoms with Crippen molar-refractivity contribution >= 4 is 28.9 Å². The van der Waals surface area contributed by atoms with Gasteiger partial charge in [0, 0.05) is 16.3 Å². The van der Waals surface area contributed by atoms with Crippen LogP contribution in [0.2, 0.25) is 5.02 Å². The van der Waals surface area contributed by atoms with Gasteiger partial charge in [-0.1, -0.05) is 17.7 Å². The number of carbonyl (C=O) groups excluding carboxylic acids is 1. The van der Waals surface area contributed by atoms with Crippen LogP contribution in [-0.2, 0) is 0 Å². The van der Waals surface area contributed by atoms with E-state index in [4.69, 9.17) is 17.3 Å². The number of hydrogen-bond acceptors (Lipinski definition) is 2. The average Bonchev–Trinajstić information content (AvgIpc) is 2.39. The number of hydrogen-bond donors (Lipinski definition) is 2. The first-order valence-electron chi connectivity index (χ1n) is 5.70. The lowest BCUT2D eigenvalue weighted by atomic mass is 10.1. The Balaban J connectivity index is 2.31. The van der Waals surface area contributed by atoms with Gasteiger partial charge in [0.05, 0.1) is 0 Å². The smallest absolute Gasteiger partial charge is 0.255 e. The topological polar surface area (TPSA) is 55.1 Å². The van der Waals surface area contributed by atoms with E-state index in [1.165, 1.54) is 0 Å². The van der Waals surface area contributed by atoms with Crippen molar-refractivity contribution in [2.45, 2.75) is 6.92 Å². The summed E-state index contributed by atoms with van der Waals surface area (Å²) in [4.78, 5) is 12.0. The van der Waals surface area contributed by atoms with Crippen LogP contribution in [0.4, 0.5) is 20.2 Å². The summed E-state index contributed by atoms with van der Waals surface area (Å²) in [5, 5.41) is 2.99. The second kappa shape index (κ2) is 5.46. The highest BCUT2D eigenvalue weighted by Crippen LogP contribution is 2.22. The number of amides is 1. The number of rotatable bonds is 2. The van der Waals surface area contributed by atoms with Crippen molar-refractivity contribution in [2.75, 3.05) is 11.1 Å². The van der Waals surface area contributed by atoms with E-state index in [1.807, 2.05) is 0 Å². The van der Waals surface area contributed by atoms with E-state index in [1.54, 1.807) is 25.1 Å². The van der Waals surface area contributed by atoms with E-state index in [0.29, 0.717) is 10.7 Å². The summed E-state index contributed by atoms with van der Waals surface area (Å²) in [5.74, 6) is -2.59. The van der Waals surface area contributed by atoms with E-state index >= 15 is 0 Å². The number of anilines is 2. The van der Waals surface area contributed by atoms with E-state index in [9.17, 15) is 13.6 Å². The summed E-state index contributed by atoms with van der Waals surface area (Å²) >= 11 is 5.83. The first-order chi connectivity index (χ1) is 9.38. The zero-order valence-corrected chi connectivity index (χ0v) is 11.3. The van der Waals surface area contributed by atoms with Gasteiger partial charge < -0.3 is 11.1 Å². The van der Waals surface area contributed by atoms with Crippen LogP contribution >= 0.6 is 11.6 Å². The van der Waals surface area contributed by atoms with Crippen LogP contribution in [-0.4, -0.2) is 5.91 Å². The molecule has 20 heavy (non-hydrogen) atoms. The summed E-state index contributed by atoms with van der Waals surface area (Å²) in [6, 6.07) is 6.72. The van der Waals surface area contributed by atoms with Gasteiger partial charge in [-0.15, -0.1) is 0 Å². The van der Waals surface area contributed by atoms with Crippen LogP contribution < -0.4 is 11.1 Å². The molecule has 0 unspecified atom stereocenters. The maximum atomic E-state index is 13.3. The molecule has 0 aliphatic rings. The van der Waals surface area contributed by atoms with Gasteiger partial charge in [0.2, 0.25) is 0 Å². The number of benzene rings is 2. The highest BCUT2D eigenvalue weighted by Gasteiger charge is 2.14. The van der Waals surface area contributed by atoms with Crippen molar-refractivity contribution in [1.82, 2.24) is 0 Å². The minimum Gasteiger partial charge on any atom is -0.394 e. The number of nitrogens with two attached hydrogens (primary N) is 1. The van der Waals surface area contributed by atoms with Gasteiger partial charge in [-0.25, -0.2) is 8.78 Å². The van der Waals surface area contributed by atoms with Gasteiger partial charge >= 0.3 is 0 Å². The van der Waals surface area contributed by atoms with Crippen molar-refractivity contribution in [3.8, 4) is 0 Å². The van der Waals surface area contributed by atoms with Gasteiger partial charge in [0.25, 0.3) is 5.91 Å². The number of nitrogens with one attached hydrogen (secondary N) is 1. The van der Waals surface area contributed by atoms with Crippen molar-refractivity contribution in [1.29, 1.82) is 0 Å². The highest BCUT2D eigenvalue weighted by atomic mass is 35.5. The van der Waals surface area contributed by atoms with Gasteiger partial charge in [0.15, 0.2) is 0 Å². The molecule has 0 aromatic heterocycles. The normalized spacial score (nSPS) is 10.4. The molecule has 0 aliphatic carbocycles. The second-order valence-electron chi connectivity index (χ2n) is 4.27. The number of aryl methyl sites for hydroxylation is 1. The zero-order chi connectivity index (χ0) is 14.9. The van der Waals surface area contributed by atoms with Crippen molar-refractivity contribution < 1.29 is 13.6 Å². The predicted molar refractivity (Wildman–Crippen MR) is 74.9 cm³/mol. The SMILES string of the molecule is Cc1ccc(Cl)cc1NC(=O)c1cc(F)c(N)c(F)c1. The Labute approximate surface area is 119 Å². The minimum atomic E-state index is -0.974. The fraction of sp³-hybridized carbons (Fsp3) is 0.0714. The Morgan fingerprint density at radius 1 is 1.20 bits per heavy atom. The van der Waals surface area contributed by atoms with E-state index in [2.05, 4.69) is 5.32 Å². The summed E-state index contributed by atoms with van der Waals surface area (Å²) in [5.41, 5.74) is 5.63. The molecule has 0 fully saturated rings. The molecule has 0 radical (unpaired) electrons. The third-order valence-electron chi connectivity index (χ3n) is 2.79. The summed E-state index contributed by atoms with van der Waals surface area (Å²) in [6.07, 6.45) is 0. The third-order valence-corrected chi connectivity index (χ3v) is 3.02. The lowest BCUT2D eigenvalue weighted by molar-refractivity contribution is 0.102. The Hall–Kier alpha value is -2.14. The van der Waals surface area contributed by atoms with Crippen LogP contribution in [0.5, 0.6) is 0 Å². The molecule has 6 heteroatoms. The van der Waals surface area contributed by atoms with Crippen molar-refractivity contribution in [3.05, 3.63) is 58.1 Å². The van der Waals surface area contributed by atoms with E-state index in [0.717, 1.165) is 17.7 Å². The fourth-order valence-electron chi connectivity index (χ4n) is 1.64. The molecule has 0 aliphatic heterocycles. The summed E-state index contributed by atoms with van der Waals surface area (Å²) < 4.78 is 26.6. The summed E-state index contributed by atoms with van der Waals surface area (Å²) in [6.45, 7) is 1.77. The summed E-state index contributed by atoms with van der Waals surface area (Å²) in [7, 11) is 0. The van der Waals surface area contributed by atoms with Crippen LogP contribution in [0.15, 0.2) is 30.3 Å². The van der Waals surface area contributed by atoms with Gasteiger partial charge in [-0.2, -0.15) is 0 Å². The number of nitrogen functional groups attached to an aromatic ring is 1. The largest absolute Gasteiger partial charge is 0.394 e. The molecule has 3 nitrogen and oxygen atoms in total. The van der Waals surface area contributed by atoms with Crippen molar-refractivity contribution in [3.63, 3.8) is 0 Å². The molecular formula is C14H11ClF2N2O. The van der Waals surface area contributed by atoms with E-state index in [-0.39, 0.29) is 5.56 Å². The average molecular weight is 297 g/mol. The molecule has 0 atom stereocenters. The molecule has 2 aromatic rings. The Morgan fingerprint density at radius 2 is 1.80 bits per heavy atom. The zero-order valence-electron chi connectivity index (χ0n) is 10.5. The third kappa shape index (κ3) is 2.88.